The number of carbonyl (C=O) groups excluding carboxylic acids is 1. The van der Waals surface area contributed by atoms with Crippen molar-refractivity contribution < 1.29 is 13.9 Å². The fourth-order valence-electron chi connectivity index (χ4n) is 1.76. The van der Waals surface area contributed by atoms with Gasteiger partial charge in [0.1, 0.15) is 11.6 Å². The zero-order valence-corrected chi connectivity index (χ0v) is 11.0. The maximum Gasteiger partial charge on any atom is 0.255 e. The Morgan fingerprint density at radius 3 is 2.75 bits per heavy atom. The van der Waals surface area contributed by atoms with E-state index in [2.05, 4.69) is 5.32 Å². The quantitative estimate of drug-likeness (QED) is 0.842. The number of amides is 1. The minimum absolute atomic E-state index is 0.123. The molecule has 3 N–H and O–H groups in total. The normalized spacial score (nSPS) is 10.1. The first-order valence-corrected chi connectivity index (χ1v) is 6.19. The second kappa shape index (κ2) is 6.06. The van der Waals surface area contributed by atoms with Crippen LogP contribution in [-0.2, 0) is 0 Å². The number of rotatable bonds is 4. The summed E-state index contributed by atoms with van der Waals surface area (Å²) < 4.78 is 18.8. The summed E-state index contributed by atoms with van der Waals surface area (Å²) in [5.74, 6) is -0.427. The summed E-state index contributed by atoms with van der Waals surface area (Å²) in [7, 11) is 0. The molecule has 4 nitrogen and oxygen atoms in total. The van der Waals surface area contributed by atoms with Gasteiger partial charge in [0.15, 0.2) is 0 Å². The van der Waals surface area contributed by atoms with Crippen LogP contribution < -0.4 is 15.8 Å². The first-order valence-electron chi connectivity index (χ1n) is 6.19. The number of carbonyl (C=O) groups is 1. The number of nitrogens with two attached hydrogens (primary N) is 1. The zero-order chi connectivity index (χ0) is 14.5. The molecule has 0 unspecified atom stereocenters. The minimum Gasteiger partial charge on any atom is -0.494 e. The molecule has 0 bridgehead atoms. The van der Waals surface area contributed by atoms with E-state index in [-0.39, 0.29) is 5.69 Å². The van der Waals surface area contributed by atoms with Crippen LogP contribution >= 0.6 is 0 Å². The lowest BCUT2D eigenvalue weighted by Gasteiger charge is -2.09. The van der Waals surface area contributed by atoms with Crippen molar-refractivity contribution in [2.75, 3.05) is 17.7 Å². The van der Waals surface area contributed by atoms with Crippen molar-refractivity contribution in [2.45, 2.75) is 6.92 Å². The van der Waals surface area contributed by atoms with Crippen LogP contribution in [0.4, 0.5) is 15.8 Å². The summed E-state index contributed by atoms with van der Waals surface area (Å²) in [6.45, 7) is 2.31. The molecule has 1 amide bonds. The van der Waals surface area contributed by atoms with Gasteiger partial charge in [-0.25, -0.2) is 4.39 Å². The second-order valence-electron chi connectivity index (χ2n) is 4.16. The third-order valence-electron chi connectivity index (χ3n) is 2.62. The molecule has 2 aromatic carbocycles. The number of para-hydroxylation sites is 1. The van der Waals surface area contributed by atoms with Crippen molar-refractivity contribution >= 4 is 17.3 Å². The predicted molar refractivity (Wildman–Crippen MR) is 76.4 cm³/mol. The molecule has 0 saturated carbocycles. The summed E-state index contributed by atoms with van der Waals surface area (Å²) in [6, 6.07) is 10.7. The van der Waals surface area contributed by atoms with Crippen molar-refractivity contribution in [3.63, 3.8) is 0 Å². The molecule has 0 aromatic heterocycles. The first-order chi connectivity index (χ1) is 9.60. The van der Waals surface area contributed by atoms with Gasteiger partial charge < -0.3 is 15.8 Å². The van der Waals surface area contributed by atoms with E-state index >= 15 is 0 Å². The fraction of sp³-hybridized carbons (Fsp3) is 0.133. The van der Waals surface area contributed by atoms with Gasteiger partial charge in [-0.05, 0) is 31.2 Å². The van der Waals surface area contributed by atoms with Crippen LogP contribution in [0.15, 0.2) is 42.5 Å². The highest BCUT2D eigenvalue weighted by Crippen LogP contribution is 2.21. The lowest BCUT2D eigenvalue weighted by Crippen LogP contribution is -2.13. The largest absolute Gasteiger partial charge is 0.494 e. The Labute approximate surface area is 116 Å². The topological polar surface area (TPSA) is 64.3 Å². The average molecular weight is 274 g/mol. The molecule has 0 spiro atoms. The van der Waals surface area contributed by atoms with Gasteiger partial charge in [0.2, 0.25) is 0 Å². The Balaban J connectivity index is 2.23. The van der Waals surface area contributed by atoms with E-state index < -0.39 is 11.7 Å². The number of hydrogen-bond donors (Lipinski definition) is 2. The lowest BCUT2D eigenvalue weighted by molar-refractivity contribution is 0.102. The van der Waals surface area contributed by atoms with Crippen molar-refractivity contribution in [3.05, 3.63) is 53.8 Å². The van der Waals surface area contributed by atoms with Crippen LogP contribution in [0.3, 0.4) is 0 Å². The highest BCUT2D eigenvalue weighted by molar-refractivity contribution is 6.05. The zero-order valence-electron chi connectivity index (χ0n) is 11.0. The molecule has 0 aliphatic carbocycles. The van der Waals surface area contributed by atoms with Gasteiger partial charge in [0, 0.05) is 17.3 Å². The maximum absolute atomic E-state index is 13.5. The minimum atomic E-state index is -0.491. The molecule has 20 heavy (non-hydrogen) atoms. The molecule has 0 radical (unpaired) electrons. The smallest absolute Gasteiger partial charge is 0.255 e. The van der Waals surface area contributed by atoms with E-state index in [1.54, 1.807) is 24.3 Å². The molecule has 2 aromatic rings. The van der Waals surface area contributed by atoms with Crippen molar-refractivity contribution in [1.29, 1.82) is 0 Å². The van der Waals surface area contributed by atoms with Gasteiger partial charge in [-0.3, -0.25) is 4.79 Å². The van der Waals surface area contributed by atoms with Crippen LogP contribution in [-0.4, -0.2) is 12.5 Å². The summed E-state index contributed by atoms with van der Waals surface area (Å²) in [5, 5.41) is 2.50. The summed E-state index contributed by atoms with van der Waals surface area (Å²) in [6.07, 6.45) is 0. The molecule has 0 fully saturated rings. The van der Waals surface area contributed by atoms with Crippen LogP contribution in [0.2, 0.25) is 0 Å². The van der Waals surface area contributed by atoms with E-state index in [0.29, 0.717) is 23.6 Å². The lowest BCUT2D eigenvalue weighted by atomic mass is 10.1. The molecular formula is C15H15FN2O2. The highest BCUT2D eigenvalue weighted by atomic mass is 19.1. The number of anilines is 2. The number of benzene rings is 2. The summed E-state index contributed by atoms with van der Waals surface area (Å²) in [4.78, 5) is 12.1. The van der Waals surface area contributed by atoms with Crippen LogP contribution in [0, 0.1) is 5.82 Å². The van der Waals surface area contributed by atoms with E-state index in [1.807, 2.05) is 6.92 Å². The number of nitrogens with one attached hydrogen (secondary N) is 1. The Hall–Kier alpha value is -2.56. The van der Waals surface area contributed by atoms with Crippen molar-refractivity contribution in [2.24, 2.45) is 0 Å². The third-order valence-corrected chi connectivity index (χ3v) is 2.62. The highest BCUT2D eigenvalue weighted by Gasteiger charge is 2.11. The van der Waals surface area contributed by atoms with E-state index in [9.17, 15) is 9.18 Å². The van der Waals surface area contributed by atoms with Crippen LogP contribution in [0.1, 0.15) is 17.3 Å². The molecule has 0 saturated heterocycles. The molecule has 104 valence electrons. The van der Waals surface area contributed by atoms with Gasteiger partial charge in [-0.1, -0.05) is 12.1 Å². The Morgan fingerprint density at radius 2 is 2.05 bits per heavy atom. The standard InChI is InChI=1S/C15H15FN2O2/c1-2-20-12-8-10(7-11(17)9-12)15(19)18-14-6-4-3-5-13(14)16/h3-9H,2,17H2,1H3,(H,18,19). The van der Waals surface area contributed by atoms with Crippen LogP contribution in [0.5, 0.6) is 5.75 Å². The molecule has 0 heterocycles. The fourth-order valence-corrected chi connectivity index (χ4v) is 1.76. The monoisotopic (exact) mass is 274 g/mol. The van der Waals surface area contributed by atoms with Crippen molar-refractivity contribution in [3.8, 4) is 5.75 Å². The van der Waals surface area contributed by atoms with Gasteiger partial charge in [-0.2, -0.15) is 0 Å². The molecule has 0 aliphatic heterocycles. The Bertz CT molecular complexity index is 629. The molecule has 0 atom stereocenters. The van der Waals surface area contributed by atoms with Gasteiger partial charge in [-0.15, -0.1) is 0 Å². The van der Waals surface area contributed by atoms with Crippen LogP contribution in [0.25, 0.3) is 0 Å². The van der Waals surface area contributed by atoms with E-state index in [1.165, 1.54) is 18.2 Å². The van der Waals surface area contributed by atoms with E-state index in [0.717, 1.165) is 0 Å². The van der Waals surface area contributed by atoms with Gasteiger partial charge in [0.05, 0.1) is 12.3 Å². The Morgan fingerprint density at radius 1 is 1.30 bits per heavy atom. The van der Waals surface area contributed by atoms with Gasteiger partial charge in [0.25, 0.3) is 5.91 Å². The molecule has 2 rings (SSSR count). The molecular weight excluding hydrogens is 259 g/mol. The predicted octanol–water partition coefficient (Wildman–Crippen LogP) is 3.06. The third kappa shape index (κ3) is 3.26. The van der Waals surface area contributed by atoms with Gasteiger partial charge >= 0.3 is 0 Å². The summed E-state index contributed by atoms with van der Waals surface area (Å²) >= 11 is 0. The van der Waals surface area contributed by atoms with Crippen molar-refractivity contribution in [1.82, 2.24) is 0 Å². The molecule has 5 heteroatoms. The first kappa shape index (κ1) is 13.9. The number of halogens is 1. The number of nitrogen functional groups attached to an aromatic ring is 1. The second-order valence-corrected chi connectivity index (χ2v) is 4.16. The average Bonchev–Trinajstić information content (AvgIpc) is 2.41. The number of hydrogen-bond acceptors (Lipinski definition) is 3. The number of ether oxygens (including phenoxy) is 1. The molecule has 0 aliphatic rings. The SMILES string of the molecule is CCOc1cc(N)cc(C(=O)Nc2ccccc2F)c1. The summed E-state index contributed by atoms with van der Waals surface area (Å²) in [5.41, 5.74) is 6.57. The Kier molecular flexibility index (Phi) is 4.20. The van der Waals surface area contributed by atoms with E-state index in [4.69, 9.17) is 10.5 Å². The maximum atomic E-state index is 13.5.